The highest BCUT2D eigenvalue weighted by atomic mass is 16.5. The predicted molar refractivity (Wildman–Crippen MR) is 163 cm³/mol. The van der Waals surface area contributed by atoms with Crippen LogP contribution in [0.4, 0.5) is 0 Å². The standard InChI is InChI=1S/C36H58O4/c1-7-33(37)39-23-10-8-9-14-34(38)40-28-19-21-35(5)27(24-28)15-16-29-31-18-17-30(26(4)13-11-12-25(2)3)36(31,6)22-20-32(29)35/h7,15,25-26,28-32H,1,8-14,16-24H2,2-6H3/t26-,28?,29?,30-,31?,32?,35+,36-/m1/s1. The molecule has 0 spiro atoms. The van der Waals surface area contributed by atoms with Gasteiger partial charge in [-0.15, -0.1) is 0 Å². The molecule has 0 bridgehead atoms. The van der Waals surface area contributed by atoms with Gasteiger partial charge in [0.25, 0.3) is 0 Å². The number of carbonyl (C=O) groups excluding carboxylic acids is 2. The summed E-state index contributed by atoms with van der Waals surface area (Å²) in [5.41, 5.74) is 2.40. The summed E-state index contributed by atoms with van der Waals surface area (Å²) in [5.74, 6) is 4.65. The van der Waals surface area contributed by atoms with Crippen molar-refractivity contribution in [2.75, 3.05) is 6.61 Å². The van der Waals surface area contributed by atoms with Gasteiger partial charge in [-0.05, 0) is 111 Å². The first kappa shape index (κ1) is 31.4. The van der Waals surface area contributed by atoms with Crippen LogP contribution < -0.4 is 0 Å². The van der Waals surface area contributed by atoms with Crippen molar-refractivity contribution in [3.05, 3.63) is 24.3 Å². The molecule has 0 radical (unpaired) electrons. The highest BCUT2D eigenvalue weighted by Crippen LogP contribution is 2.67. The van der Waals surface area contributed by atoms with Crippen molar-refractivity contribution in [1.82, 2.24) is 0 Å². The Morgan fingerprint density at radius 2 is 1.80 bits per heavy atom. The summed E-state index contributed by atoms with van der Waals surface area (Å²) in [4.78, 5) is 23.7. The van der Waals surface area contributed by atoms with Gasteiger partial charge in [-0.1, -0.05) is 72.1 Å². The molecule has 226 valence electrons. The second-order valence-corrected chi connectivity index (χ2v) is 14.8. The van der Waals surface area contributed by atoms with E-state index in [1.165, 1.54) is 57.4 Å². The molecular formula is C36H58O4. The van der Waals surface area contributed by atoms with Crippen LogP contribution in [0.15, 0.2) is 24.3 Å². The molecule has 8 atom stereocenters. The fourth-order valence-electron chi connectivity index (χ4n) is 9.78. The van der Waals surface area contributed by atoms with Gasteiger partial charge in [-0.25, -0.2) is 4.79 Å². The van der Waals surface area contributed by atoms with Gasteiger partial charge in [-0.2, -0.15) is 0 Å². The van der Waals surface area contributed by atoms with Crippen LogP contribution in [-0.4, -0.2) is 24.6 Å². The topological polar surface area (TPSA) is 52.6 Å². The summed E-state index contributed by atoms with van der Waals surface area (Å²) >= 11 is 0. The second kappa shape index (κ2) is 13.6. The van der Waals surface area contributed by atoms with E-state index < -0.39 is 0 Å². The van der Waals surface area contributed by atoms with Gasteiger partial charge in [0.1, 0.15) is 6.10 Å². The molecule has 0 aromatic rings. The third-order valence-corrected chi connectivity index (χ3v) is 12.0. The van der Waals surface area contributed by atoms with Crippen molar-refractivity contribution in [2.24, 2.45) is 46.3 Å². The van der Waals surface area contributed by atoms with Gasteiger partial charge >= 0.3 is 11.9 Å². The van der Waals surface area contributed by atoms with Crippen molar-refractivity contribution < 1.29 is 19.1 Å². The lowest BCUT2D eigenvalue weighted by Gasteiger charge is -2.58. The Balaban J connectivity index is 1.28. The van der Waals surface area contributed by atoms with Crippen LogP contribution in [0.2, 0.25) is 0 Å². The summed E-state index contributed by atoms with van der Waals surface area (Å²) in [6.45, 7) is 16.3. The molecular weight excluding hydrogens is 496 g/mol. The third kappa shape index (κ3) is 6.89. The first-order chi connectivity index (χ1) is 19.1. The Morgan fingerprint density at radius 3 is 2.55 bits per heavy atom. The molecule has 4 aliphatic carbocycles. The largest absolute Gasteiger partial charge is 0.463 e. The number of hydrogen-bond donors (Lipinski definition) is 0. The summed E-state index contributed by atoms with van der Waals surface area (Å²) < 4.78 is 11.0. The van der Waals surface area contributed by atoms with Crippen molar-refractivity contribution in [3.63, 3.8) is 0 Å². The average molecular weight is 555 g/mol. The SMILES string of the molecule is C=CC(=O)OCCCCCC(=O)OC1CC[C@@]2(C)C(=CCC3C2CC[C@@]2(C)C3CC[C@@H]2[C@H](C)CCCC(C)C)C1. The number of ether oxygens (including phenoxy) is 2. The van der Waals surface area contributed by atoms with Crippen LogP contribution in [-0.2, 0) is 19.1 Å². The molecule has 0 N–H and O–H groups in total. The molecule has 40 heavy (non-hydrogen) atoms. The van der Waals surface area contributed by atoms with E-state index in [0.717, 1.165) is 74.0 Å². The predicted octanol–water partition coefficient (Wildman–Crippen LogP) is 9.23. The maximum absolute atomic E-state index is 12.6. The van der Waals surface area contributed by atoms with Gasteiger partial charge in [-0.3, -0.25) is 4.79 Å². The maximum Gasteiger partial charge on any atom is 0.330 e. The molecule has 4 nitrogen and oxygen atoms in total. The highest BCUT2D eigenvalue weighted by Gasteiger charge is 2.59. The van der Waals surface area contributed by atoms with Crippen LogP contribution in [0.25, 0.3) is 0 Å². The number of rotatable bonds is 13. The number of fused-ring (bicyclic) bond motifs is 5. The van der Waals surface area contributed by atoms with E-state index in [-0.39, 0.29) is 23.5 Å². The summed E-state index contributed by atoms with van der Waals surface area (Å²) in [5, 5.41) is 0. The normalized spacial score (nSPS) is 35.6. The minimum absolute atomic E-state index is 0.0355. The molecule has 3 saturated carbocycles. The number of unbranched alkanes of at least 4 members (excludes halogenated alkanes) is 2. The van der Waals surface area contributed by atoms with E-state index >= 15 is 0 Å². The zero-order chi connectivity index (χ0) is 28.9. The molecule has 3 fully saturated rings. The van der Waals surface area contributed by atoms with E-state index in [9.17, 15) is 9.59 Å². The first-order valence-corrected chi connectivity index (χ1v) is 16.8. The number of esters is 2. The molecule has 4 aliphatic rings. The smallest absolute Gasteiger partial charge is 0.330 e. The van der Waals surface area contributed by atoms with Crippen LogP contribution in [0.5, 0.6) is 0 Å². The van der Waals surface area contributed by atoms with Gasteiger partial charge in [0.05, 0.1) is 6.61 Å². The Kier molecular flexibility index (Phi) is 10.7. The molecule has 0 aromatic carbocycles. The molecule has 0 aromatic heterocycles. The molecule has 0 amide bonds. The molecule has 0 aliphatic heterocycles. The van der Waals surface area contributed by atoms with Crippen molar-refractivity contribution >= 4 is 11.9 Å². The molecule has 4 heteroatoms. The minimum atomic E-state index is -0.385. The summed E-state index contributed by atoms with van der Waals surface area (Å²) in [7, 11) is 0. The van der Waals surface area contributed by atoms with Crippen LogP contribution in [0.3, 0.4) is 0 Å². The number of hydrogen-bond acceptors (Lipinski definition) is 4. The van der Waals surface area contributed by atoms with Gasteiger partial charge < -0.3 is 9.47 Å². The fraction of sp³-hybridized carbons (Fsp3) is 0.833. The zero-order valence-corrected chi connectivity index (χ0v) is 26.3. The van der Waals surface area contributed by atoms with Crippen LogP contribution in [0.1, 0.15) is 131 Å². The van der Waals surface area contributed by atoms with E-state index in [1.807, 2.05) is 0 Å². The Morgan fingerprint density at radius 1 is 1.00 bits per heavy atom. The lowest BCUT2D eigenvalue weighted by atomic mass is 9.47. The lowest BCUT2D eigenvalue weighted by molar-refractivity contribution is -0.151. The van der Waals surface area contributed by atoms with Gasteiger partial charge in [0.2, 0.25) is 0 Å². The lowest BCUT2D eigenvalue weighted by Crippen LogP contribution is -2.51. The van der Waals surface area contributed by atoms with E-state index in [2.05, 4.69) is 47.3 Å². The van der Waals surface area contributed by atoms with Gasteiger partial charge in [0, 0.05) is 18.9 Å². The Bertz CT molecular complexity index is 920. The Labute approximate surface area is 245 Å². The van der Waals surface area contributed by atoms with Crippen molar-refractivity contribution in [2.45, 2.75) is 137 Å². The third-order valence-electron chi connectivity index (χ3n) is 12.0. The minimum Gasteiger partial charge on any atom is -0.463 e. The zero-order valence-electron chi connectivity index (χ0n) is 26.3. The maximum atomic E-state index is 12.6. The summed E-state index contributed by atoms with van der Waals surface area (Å²) in [6.07, 6.45) is 20.8. The van der Waals surface area contributed by atoms with E-state index in [1.54, 1.807) is 5.57 Å². The molecule has 0 saturated heterocycles. The van der Waals surface area contributed by atoms with E-state index in [4.69, 9.17) is 9.47 Å². The number of carbonyl (C=O) groups is 2. The summed E-state index contributed by atoms with van der Waals surface area (Å²) in [6, 6.07) is 0. The highest BCUT2D eigenvalue weighted by molar-refractivity contribution is 5.81. The molecule has 4 rings (SSSR count). The van der Waals surface area contributed by atoms with Crippen LogP contribution in [0, 0.1) is 46.3 Å². The average Bonchev–Trinajstić information content (AvgIpc) is 3.27. The monoisotopic (exact) mass is 554 g/mol. The molecule has 4 unspecified atom stereocenters. The van der Waals surface area contributed by atoms with Crippen molar-refractivity contribution in [1.29, 1.82) is 0 Å². The second-order valence-electron chi connectivity index (χ2n) is 14.8. The van der Waals surface area contributed by atoms with Crippen molar-refractivity contribution in [3.8, 4) is 0 Å². The van der Waals surface area contributed by atoms with Gasteiger partial charge in [0.15, 0.2) is 0 Å². The van der Waals surface area contributed by atoms with E-state index in [0.29, 0.717) is 18.4 Å². The first-order valence-electron chi connectivity index (χ1n) is 16.8. The molecule has 0 heterocycles. The fourth-order valence-corrected chi connectivity index (χ4v) is 9.78. The quantitative estimate of drug-likeness (QED) is 0.0985. The van der Waals surface area contributed by atoms with Crippen LogP contribution >= 0.6 is 0 Å². The number of allylic oxidation sites excluding steroid dienone is 1. The Hall–Kier alpha value is -1.58.